The van der Waals surface area contributed by atoms with Gasteiger partial charge in [0.15, 0.2) is 0 Å². The summed E-state index contributed by atoms with van der Waals surface area (Å²) in [5.41, 5.74) is 3.56. The average molecular weight is 255 g/mol. The molecule has 0 unspecified atom stereocenters. The van der Waals surface area contributed by atoms with Gasteiger partial charge in [-0.3, -0.25) is 0 Å². The zero-order chi connectivity index (χ0) is 13.0. The van der Waals surface area contributed by atoms with E-state index in [2.05, 4.69) is 62.2 Å². The van der Waals surface area contributed by atoms with Gasteiger partial charge in [-0.15, -0.1) is 0 Å². The summed E-state index contributed by atoms with van der Waals surface area (Å²) in [5.74, 6) is 0. The fourth-order valence-electron chi connectivity index (χ4n) is 1.71. The van der Waals surface area contributed by atoms with Gasteiger partial charge in [0.1, 0.15) is 0 Å². The molecule has 0 radical (unpaired) electrons. The van der Waals surface area contributed by atoms with Crippen molar-refractivity contribution in [1.29, 1.82) is 0 Å². The Morgan fingerprint density at radius 3 is 2.17 bits per heavy atom. The van der Waals surface area contributed by atoms with Crippen LogP contribution in [0.1, 0.15) is 18.1 Å². The molecule has 0 saturated carbocycles. The second-order valence-electron chi connectivity index (χ2n) is 4.28. The van der Waals surface area contributed by atoms with Crippen LogP contribution in [0.25, 0.3) is 0 Å². The lowest BCUT2D eigenvalue weighted by atomic mass is 10.2. The van der Waals surface area contributed by atoms with Gasteiger partial charge in [-0.1, -0.05) is 48.2 Å². The maximum absolute atomic E-state index is 4.67. The van der Waals surface area contributed by atoms with Gasteiger partial charge in [-0.05, 0) is 44.0 Å². The van der Waals surface area contributed by atoms with Crippen molar-refractivity contribution in [3.63, 3.8) is 0 Å². The van der Waals surface area contributed by atoms with E-state index in [0.717, 1.165) is 10.7 Å². The van der Waals surface area contributed by atoms with Gasteiger partial charge >= 0.3 is 0 Å². The van der Waals surface area contributed by atoms with Gasteiger partial charge in [0.05, 0.1) is 10.7 Å². The van der Waals surface area contributed by atoms with Gasteiger partial charge in [-0.25, -0.2) is 4.99 Å². The Morgan fingerprint density at radius 2 is 1.50 bits per heavy atom. The highest BCUT2D eigenvalue weighted by molar-refractivity contribution is 8.14. The highest BCUT2D eigenvalue weighted by Crippen LogP contribution is 2.26. The molecule has 0 fully saturated rings. The van der Waals surface area contributed by atoms with Crippen LogP contribution in [0.2, 0.25) is 0 Å². The van der Waals surface area contributed by atoms with E-state index in [9.17, 15) is 0 Å². The zero-order valence-corrected chi connectivity index (χ0v) is 11.8. The quantitative estimate of drug-likeness (QED) is 0.411. The first-order chi connectivity index (χ1) is 8.66. The summed E-state index contributed by atoms with van der Waals surface area (Å²) in [6, 6.07) is 16.6. The highest BCUT2D eigenvalue weighted by atomic mass is 32.2. The second-order valence-corrected chi connectivity index (χ2v) is 5.52. The smallest absolute Gasteiger partial charge is 0.0755 e. The average Bonchev–Trinajstić information content (AvgIpc) is 2.35. The van der Waals surface area contributed by atoms with Crippen molar-refractivity contribution in [1.82, 2.24) is 0 Å². The number of hydrogen-bond donors (Lipinski definition) is 0. The third kappa shape index (κ3) is 3.23. The van der Waals surface area contributed by atoms with Gasteiger partial charge in [-0.2, -0.15) is 0 Å². The Kier molecular flexibility index (Phi) is 4.21. The number of rotatable bonds is 2. The normalized spacial score (nSPS) is 11.6. The monoisotopic (exact) mass is 255 g/mol. The zero-order valence-electron chi connectivity index (χ0n) is 11.0. The SMILES string of the molecule is CC(=Nc1ccccc1C)Sc1ccccc1C. The van der Waals surface area contributed by atoms with E-state index in [1.807, 2.05) is 12.1 Å². The van der Waals surface area contributed by atoms with E-state index >= 15 is 0 Å². The Balaban J connectivity index is 2.20. The van der Waals surface area contributed by atoms with Crippen LogP contribution in [0, 0.1) is 13.8 Å². The molecule has 0 atom stereocenters. The summed E-state index contributed by atoms with van der Waals surface area (Å²) in [5, 5.41) is 1.07. The molecule has 0 aliphatic heterocycles. The molecule has 0 N–H and O–H groups in total. The molecule has 1 nitrogen and oxygen atoms in total. The van der Waals surface area contributed by atoms with Crippen LogP contribution in [-0.2, 0) is 0 Å². The molecule has 0 saturated heterocycles. The molecule has 92 valence electrons. The summed E-state index contributed by atoms with van der Waals surface area (Å²) in [6.07, 6.45) is 0. The molecule has 2 heteroatoms. The molecule has 2 rings (SSSR count). The summed E-state index contributed by atoms with van der Waals surface area (Å²) in [6.45, 7) is 6.28. The van der Waals surface area contributed by atoms with Crippen LogP contribution in [0.15, 0.2) is 58.4 Å². The number of hydrogen-bond acceptors (Lipinski definition) is 2. The van der Waals surface area contributed by atoms with E-state index in [0.29, 0.717) is 0 Å². The Morgan fingerprint density at radius 1 is 0.889 bits per heavy atom. The lowest BCUT2D eigenvalue weighted by molar-refractivity contribution is 1.31. The van der Waals surface area contributed by atoms with E-state index in [4.69, 9.17) is 0 Å². The van der Waals surface area contributed by atoms with Crippen molar-refractivity contribution >= 4 is 22.5 Å². The molecule has 0 aliphatic rings. The molecular weight excluding hydrogens is 238 g/mol. The number of aryl methyl sites for hydroxylation is 2. The molecule has 0 bridgehead atoms. The fraction of sp³-hybridized carbons (Fsp3) is 0.188. The van der Waals surface area contributed by atoms with Gasteiger partial charge in [0.2, 0.25) is 0 Å². The molecular formula is C16H17NS. The van der Waals surface area contributed by atoms with E-state index in [1.54, 1.807) is 11.8 Å². The van der Waals surface area contributed by atoms with Gasteiger partial charge in [0, 0.05) is 4.90 Å². The minimum absolute atomic E-state index is 1.05. The molecule has 2 aromatic rings. The predicted octanol–water partition coefficient (Wildman–Crippen LogP) is 5.15. The van der Waals surface area contributed by atoms with Crippen LogP contribution in [0.3, 0.4) is 0 Å². The Hall–Kier alpha value is -1.54. The number of aliphatic imine (C=N–C) groups is 1. The van der Waals surface area contributed by atoms with Crippen molar-refractivity contribution in [2.45, 2.75) is 25.7 Å². The molecule has 0 heterocycles. The summed E-state index contributed by atoms with van der Waals surface area (Å²) < 4.78 is 0. The number of nitrogens with zero attached hydrogens (tertiary/aromatic N) is 1. The third-order valence-corrected chi connectivity index (χ3v) is 3.81. The molecule has 18 heavy (non-hydrogen) atoms. The largest absolute Gasteiger partial charge is 0.246 e. The lowest BCUT2D eigenvalue weighted by Crippen LogP contribution is -1.86. The van der Waals surface area contributed by atoms with Crippen molar-refractivity contribution < 1.29 is 0 Å². The Bertz CT molecular complexity index is 573. The number of benzene rings is 2. The Labute approximate surface area is 113 Å². The highest BCUT2D eigenvalue weighted by Gasteiger charge is 2.01. The predicted molar refractivity (Wildman–Crippen MR) is 81.0 cm³/mol. The second kappa shape index (κ2) is 5.87. The van der Waals surface area contributed by atoms with E-state index in [-0.39, 0.29) is 0 Å². The van der Waals surface area contributed by atoms with Crippen molar-refractivity contribution in [3.8, 4) is 0 Å². The summed E-state index contributed by atoms with van der Waals surface area (Å²) in [7, 11) is 0. The number of thioether (sulfide) groups is 1. The molecule has 0 aliphatic carbocycles. The van der Waals surface area contributed by atoms with Gasteiger partial charge < -0.3 is 0 Å². The number of para-hydroxylation sites is 1. The van der Waals surface area contributed by atoms with E-state index in [1.165, 1.54) is 16.0 Å². The molecule has 0 spiro atoms. The van der Waals surface area contributed by atoms with Crippen molar-refractivity contribution in [3.05, 3.63) is 59.7 Å². The van der Waals surface area contributed by atoms with E-state index < -0.39 is 0 Å². The lowest BCUT2D eigenvalue weighted by Gasteiger charge is -2.05. The van der Waals surface area contributed by atoms with Crippen LogP contribution in [-0.4, -0.2) is 5.04 Å². The topological polar surface area (TPSA) is 12.4 Å². The maximum Gasteiger partial charge on any atom is 0.0755 e. The maximum atomic E-state index is 4.67. The van der Waals surface area contributed by atoms with Crippen LogP contribution in [0.5, 0.6) is 0 Å². The fourth-order valence-corrected chi connectivity index (χ4v) is 2.55. The minimum Gasteiger partial charge on any atom is -0.246 e. The third-order valence-electron chi connectivity index (χ3n) is 2.74. The van der Waals surface area contributed by atoms with Gasteiger partial charge in [0.25, 0.3) is 0 Å². The van der Waals surface area contributed by atoms with Crippen LogP contribution >= 0.6 is 11.8 Å². The van der Waals surface area contributed by atoms with Crippen LogP contribution in [0.4, 0.5) is 5.69 Å². The van der Waals surface area contributed by atoms with Crippen LogP contribution < -0.4 is 0 Å². The first-order valence-electron chi connectivity index (χ1n) is 6.01. The minimum atomic E-state index is 1.05. The van der Waals surface area contributed by atoms with Crippen molar-refractivity contribution in [2.24, 2.45) is 4.99 Å². The van der Waals surface area contributed by atoms with Crippen molar-refractivity contribution in [2.75, 3.05) is 0 Å². The molecule has 2 aromatic carbocycles. The summed E-state index contributed by atoms with van der Waals surface area (Å²) >= 11 is 1.72. The molecule has 0 aromatic heterocycles. The first-order valence-corrected chi connectivity index (χ1v) is 6.83. The standard InChI is InChI=1S/C16H17NS/c1-12-8-4-6-10-15(12)17-14(3)18-16-11-7-5-9-13(16)2/h4-11H,1-3H3. The molecule has 0 amide bonds. The summed E-state index contributed by atoms with van der Waals surface area (Å²) in [4.78, 5) is 5.95. The first kappa shape index (κ1) is 12.9.